The maximum absolute atomic E-state index is 12.7. The number of amides is 1. The van der Waals surface area contributed by atoms with E-state index in [1.54, 1.807) is 0 Å². The highest BCUT2D eigenvalue weighted by molar-refractivity contribution is 6.03. The highest BCUT2D eigenvalue weighted by Gasteiger charge is 2.20. The molecule has 1 amide bonds. The van der Waals surface area contributed by atoms with Gasteiger partial charge in [0, 0.05) is 11.1 Å². The Morgan fingerprint density at radius 3 is 2.65 bits per heavy atom. The number of hydrogen-bond donors (Lipinski definition) is 1. The van der Waals surface area contributed by atoms with E-state index in [4.69, 9.17) is 4.74 Å². The number of anilines is 1. The normalized spacial score (nSPS) is 14.5. The molecule has 0 bridgehead atoms. The van der Waals surface area contributed by atoms with Gasteiger partial charge in [-0.2, -0.15) is 0 Å². The highest BCUT2D eigenvalue weighted by atomic mass is 16.5. The lowest BCUT2D eigenvalue weighted by Gasteiger charge is -2.22. The SMILES string of the molecule is CC(Oc1cccc2c1CCCC2)C(=O)Nc1cccc2ccccc12. The summed E-state index contributed by atoms with van der Waals surface area (Å²) in [7, 11) is 0. The van der Waals surface area contributed by atoms with Crippen LogP contribution in [0.1, 0.15) is 30.9 Å². The van der Waals surface area contributed by atoms with Crippen LogP contribution in [0.15, 0.2) is 60.7 Å². The standard InChI is InChI=1S/C23H23NO2/c1-16(26-22-15-7-11-18-9-3-5-13-20(18)22)23(25)24-21-14-6-10-17-8-2-4-12-19(17)21/h2,4,6-8,10-12,14-16H,3,5,9,13H2,1H3,(H,24,25). The summed E-state index contributed by atoms with van der Waals surface area (Å²) in [5, 5.41) is 5.16. The minimum Gasteiger partial charge on any atom is -0.481 e. The van der Waals surface area contributed by atoms with E-state index in [2.05, 4.69) is 11.4 Å². The fourth-order valence-corrected chi connectivity index (χ4v) is 3.67. The molecule has 3 heteroatoms. The van der Waals surface area contributed by atoms with E-state index in [1.165, 1.54) is 24.0 Å². The van der Waals surface area contributed by atoms with Crippen molar-refractivity contribution in [2.24, 2.45) is 0 Å². The van der Waals surface area contributed by atoms with Crippen molar-refractivity contribution < 1.29 is 9.53 Å². The van der Waals surface area contributed by atoms with Crippen molar-refractivity contribution >= 4 is 22.4 Å². The quantitative estimate of drug-likeness (QED) is 0.712. The largest absolute Gasteiger partial charge is 0.481 e. The topological polar surface area (TPSA) is 38.3 Å². The first kappa shape index (κ1) is 16.6. The van der Waals surface area contributed by atoms with E-state index >= 15 is 0 Å². The minimum absolute atomic E-state index is 0.130. The number of carbonyl (C=O) groups is 1. The van der Waals surface area contributed by atoms with E-state index in [0.29, 0.717) is 0 Å². The Morgan fingerprint density at radius 2 is 1.73 bits per heavy atom. The van der Waals surface area contributed by atoms with E-state index in [1.807, 2.05) is 61.5 Å². The summed E-state index contributed by atoms with van der Waals surface area (Å²) >= 11 is 0. The van der Waals surface area contributed by atoms with Gasteiger partial charge in [-0.15, -0.1) is 0 Å². The maximum Gasteiger partial charge on any atom is 0.265 e. The third-order valence-corrected chi connectivity index (χ3v) is 5.07. The molecule has 3 aromatic carbocycles. The Kier molecular flexibility index (Phi) is 4.61. The molecule has 0 radical (unpaired) electrons. The van der Waals surface area contributed by atoms with Crippen LogP contribution < -0.4 is 10.1 Å². The first-order valence-electron chi connectivity index (χ1n) is 9.28. The molecule has 3 nitrogen and oxygen atoms in total. The number of benzene rings is 3. The summed E-state index contributed by atoms with van der Waals surface area (Å²) in [6, 6.07) is 20.1. The second-order valence-corrected chi connectivity index (χ2v) is 6.88. The number of fused-ring (bicyclic) bond motifs is 2. The Labute approximate surface area is 154 Å². The van der Waals surface area contributed by atoms with Gasteiger partial charge in [-0.1, -0.05) is 48.5 Å². The number of rotatable bonds is 4. The molecule has 4 rings (SSSR count). The zero-order chi connectivity index (χ0) is 17.9. The van der Waals surface area contributed by atoms with Gasteiger partial charge in [0.1, 0.15) is 5.75 Å². The van der Waals surface area contributed by atoms with Crippen LogP contribution in [0.5, 0.6) is 5.75 Å². The Hall–Kier alpha value is -2.81. The highest BCUT2D eigenvalue weighted by Crippen LogP contribution is 2.30. The molecule has 0 saturated heterocycles. The van der Waals surface area contributed by atoms with Gasteiger partial charge in [-0.25, -0.2) is 0 Å². The Bertz CT molecular complexity index is 943. The Morgan fingerprint density at radius 1 is 0.962 bits per heavy atom. The predicted molar refractivity (Wildman–Crippen MR) is 106 cm³/mol. The van der Waals surface area contributed by atoms with Crippen molar-refractivity contribution in [1.29, 1.82) is 0 Å². The molecular weight excluding hydrogens is 322 g/mol. The fraction of sp³-hybridized carbons (Fsp3) is 0.261. The third-order valence-electron chi connectivity index (χ3n) is 5.07. The van der Waals surface area contributed by atoms with Crippen LogP contribution in [0, 0.1) is 0 Å². The van der Waals surface area contributed by atoms with Crippen molar-refractivity contribution in [2.75, 3.05) is 5.32 Å². The van der Waals surface area contributed by atoms with E-state index in [0.717, 1.165) is 35.1 Å². The third kappa shape index (κ3) is 3.30. The molecule has 0 aliphatic heterocycles. The summed E-state index contributed by atoms with van der Waals surface area (Å²) in [4.78, 5) is 12.7. The molecule has 1 atom stereocenters. The van der Waals surface area contributed by atoms with Gasteiger partial charge in [-0.05, 0) is 61.3 Å². The average Bonchev–Trinajstić information content (AvgIpc) is 2.68. The molecule has 0 saturated carbocycles. The van der Waals surface area contributed by atoms with Crippen LogP contribution >= 0.6 is 0 Å². The predicted octanol–water partition coefficient (Wildman–Crippen LogP) is 5.12. The summed E-state index contributed by atoms with van der Waals surface area (Å²) in [6.45, 7) is 1.81. The number of hydrogen-bond acceptors (Lipinski definition) is 2. The van der Waals surface area contributed by atoms with Crippen LogP contribution in [0.25, 0.3) is 10.8 Å². The molecule has 1 aliphatic carbocycles. The van der Waals surface area contributed by atoms with Gasteiger partial charge in [0.05, 0.1) is 0 Å². The maximum atomic E-state index is 12.7. The summed E-state index contributed by atoms with van der Waals surface area (Å²) in [5.41, 5.74) is 3.44. The van der Waals surface area contributed by atoms with Gasteiger partial charge < -0.3 is 10.1 Å². The molecule has 132 valence electrons. The van der Waals surface area contributed by atoms with Gasteiger partial charge in [0.25, 0.3) is 5.91 Å². The number of aryl methyl sites for hydroxylation is 1. The molecule has 0 aromatic heterocycles. The number of ether oxygens (including phenoxy) is 1. The molecule has 0 fully saturated rings. The zero-order valence-electron chi connectivity index (χ0n) is 15.0. The van der Waals surface area contributed by atoms with Gasteiger partial charge in [0.15, 0.2) is 6.10 Å². The van der Waals surface area contributed by atoms with Crippen molar-refractivity contribution in [3.05, 3.63) is 71.8 Å². The van der Waals surface area contributed by atoms with E-state index in [-0.39, 0.29) is 5.91 Å². The van der Waals surface area contributed by atoms with E-state index in [9.17, 15) is 4.79 Å². The van der Waals surface area contributed by atoms with Crippen LogP contribution in [-0.2, 0) is 17.6 Å². The van der Waals surface area contributed by atoms with E-state index < -0.39 is 6.10 Å². The molecule has 26 heavy (non-hydrogen) atoms. The molecule has 0 spiro atoms. The van der Waals surface area contributed by atoms with Crippen LogP contribution in [0.4, 0.5) is 5.69 Å². The minimum atomic E-state index is -0.553. The fourth-order valence-electron chi connectivity index (χ4n) is 3.67. The zero-order valence-corrected chi connectivity index (χ0v) is 15.0. The molecular formula is C23H23NO2. The molecule has 1 aliphatic rings. The Balaban J connectivity index is 1.52. The second kappa shape index (κ2) is 7.20. The lowest BCUT2D eigenvalue weighted by Crippen LogP contribution is -2.30. The van der Waals surface area contributed by atoms with Crippen molar-refractivity contribution in [2.45, 2.75) is 38.7 Å². The van der Waals surface area contributed by atoms with Gasteiger partial charge in [0.2, 0.25) is 0 Å². The number of nitrogens with one attached hydrogen (secondary N) is 1. The monoisotopic (exact) mass is 345 g/mol. The lowest BCUT2D eigenvalue weighted by molar-refractivity contribution is -0.122. The molecule has 1 unspecified atom stereocenters. The number of carbonyl (C=O) groups excluding carboxylic acids is 1. The van der Waals surface area contributed by atoms with Crippen molar-refractivity contribution in [1.82, 2.24) is 0 Å². The first-order chi connectivity index (χ1) is 12.7. The lowest BCUT2D eigenvalue weighted by atomic mass is 9.91. The smallest absolute Gasteiger partial charge is 0.265 e. The van der Waals surface area contributed by atoms with Crippen LogP contribution in [0.2, 0.25) is 0 Å². The summed E-state index contributed by atoms with van der Waals surface area (Å²) < 4.78 is 6.05. The molecule has 1 N–H and O–H groups in total. The van der Waals surface area contributed by atoms with Gasteiger partial charge in [-0.3, -0.25) is 4.79 Å². The first-order valence-corrected chi connectivity index (χ1v) is 9.28. The second-order valence-electron chi connectivity index (χ2n) is 6.88. The van der Waals surface area contributed by atoms with Crippen LogP contribution in [0.3, 0.4) is 0 Å². The summed E-state index contributed by atoms with van der Waals surface area (Å²) in [5.74, 6) is 0.720. The molecule has 0 heterocycles. The van der Waals surface area contributed by atoms with Crippen LogP contribution in [-0.4, -0.2) is 12.0 Å². The molecule has 3 aromatic rings. The van der Waals surface area contributed by atoms with Gasteiger partial charge >= 0.3 is 0 Å². The summed E-state index contributed by atoms with van der Waals surface area (Å²) in [6.07, 6.45) is 3.99. The van der Waals surface area contributed by atoms with Crippen molar-refractivity contribution in [3.63, 3.8) is 0 Å². The van der Waals surface area contributed by atoms with Crippen molar-refractivity contribution in [3.8, 4) is 5.75 Å². The average molecular weight is 345 g/mol.